The summed E-state index contributed by atoms with van der Waals surface area (Å²) in [4.78, 5) is 25.5. The monoisotopic (exact) mass is 372 g/mol. The zero-order valence-corrected chi connectivity index (χ0v) is 15.3. The smallest absolute Gasteiger partial charge is 0.254 e. The largest absolute Gasteiger partial charge is 0.488 e. The second-order valence-corrected chi connectivity index (χ2v) is 7.54. The van der Waals surface area contributed by atoms with Crippen LogP contribution >= 0.6 is 0 Å². The first-order valence-electron chi connectivity index (χ1n) is 9.58. The first kappa shape index (κ1) is 16.9. The van der Waals surface area contributed by atoms with E-state index in [1.807, 2.05) is 54.6 Å². The number of hydrogen-bond acceptors (Lipinski definition) is 4. The van der Waals surface area contributed by atoms with Gasteiger partial charge < -0.3 is 4.74 Å². The normalized spacial score (nSPS) is 27.8. The molecule has 5 heteroatoms. The van der Waals surface area contributed by atoms with Crippen molar-refractivity contribution in [3.8, 4) is 5.75 Å². The van der Waals surface area contributed by atoms with Gasteiger partial charge in [0, 0.05) is 5.56 Å². The van der Waals surface area contributed by atoms with E-state index in [0.717, 1.165) is 22.6 Å². The Kier molecular flexibility index (Phi) is 4.08. The fraction of sp³-hybridized carbons (Fsp3) is 0.261. The molecule has 2 aliphatic carbocycles. The molecular weight excluding hydrogens is 352 g/mol. The van der Waals surface area contributed by atoms with Crippen molar-refractivity contribution in [1.82, 2.24) is 5.01 Å². The number of ether oxygens (including phenoxy) is 1. The molecule has 0 N–H and O–H groups in total. The number of carbonyl (C=O) groups excluding carboxylic acids is 2. The molecule has 0 unspecified atom stereocenters. The molecule has 0 aromatic heterocycles. The number of para-hydroxylation sites is 1. The molecule has 2 aromatic carbocycles. The van der Waals surface area contributed by atoms with Crippen LogP contribution in [-0.4, -0.2) is 23.0 Å². The molecule has 0 radical (unpaired) electrons. The van der Waals surface area contributed by atoms with Crippen LogP contribution in [0.1, 0.15) is 17.5 Å². The van der Waals surface area contributed by atoms with Gasteiger partial charge in [-0.25, -0.2) is 0 Å². The van der Waals surface area contributed by atoms with Gasteiger partial charge in [0.25, 0.3) is 11.8 Å². The molecule has 3 aliphatic rings. The molecule has 0 spiro atoms. The topological polar surface area (TPSA) is 59.0 Å². The highest BCUT2D eigenvalue weighted by Gasteiger charge is 2.59. The maximum absolute atomic E-state index is 12.7. The van der Waals surface area contributed by atoms with Crippen LogP contribution in [0.4, 0.5) is 0 Å². The average molecular weight is 372 g/mol. The van der Waals surface area contributed by atoms with Gasteiger partial charge in [-0.05, 0) is 36.0 Å². The minimum absolute atomic E-state index is 0.175. The lowest BCUT2D eigenvalue weighted by molar-refractivity contribution is -0.140. The molecule has 5 nitrogen and oxygen atoms in total. The van der Waals surface area contributed by atoms with Gasteiger partial charge in [0.2, 0.25) is 0 Å². The quantitative estimate of drug-likeness (QED) is 0.459. The third-order valence-corrected chi connectivity index (χ3v) is 5.92. The van der Waals surface area contributed by atoms with Gasteiger partial charge in [-0.15, -0.1) is 0 Å². The third kappa shape index (κ3) is 2.74. The number of nitrogens with zero attached hydrogens (tertiary/aromatic N) is 2. The summed E-state index contributed by atoms with van der Waals surface area (Å²) >= 11 is 0. The summed E-state index contributed by atoms with van der Waals surface area (Å²) in [6.07, 6.45) is 6.63. The number of imide groups is 1. The van der Waals surface area contributed by atoms with Crippen LogP contribution in [0.25, 0.3) is 0 Å². The fourth-order valence-electron chi connectivity index (χ4n) is 4.57. The zero-order chi connectivity index (χ0) is 19.1. The summed E-state index contributed by atoms with van der Waals surface area (Å²) in [6, 6.07) is 17.4. The molecule has 2 fully saturated rings. The lowest BCUT2D eigenvalue weighted by atomic mass is 9.85. The molecule has 4 atom stereocenters. The van der Waals surface area contributed by atoms with Gasteiger partial charge in [-0.1, -0.05) is 54.6 Å². The second-order valence-electron chi connectivity index (χ2n) is 7.54. The summed E-state index contributed by atoms with van der Waals surface area (Å²) in [5, 5.41) is 5.32. The maximum atomic E-state index is 12.7. The Bertz CT molecular complexity index is 952. The first-order valence-corrected chi connectivity index (χ1v) is 9.58. The van der Waals surface area contributed by atoms with E-state index in [-0.39, 0.29) is 35.5 Å². The highest BCUT2D eigenvalue weighted by Crippen LogP contribution is 2.52. The van der Waals surface area contributed by atoms with Crippen molar-refractivity contribution in [1.29, 1.82) is 0 Å². The third-order valence-electron chi connectivity index (χ3n) is 5.92. The molecule has 1 heterocycles. The van der Waals surface area contributed by atoms with E-state index in [2.05, 4.69) is 17.3 Å². The number of hydrazone groups is 1. The molecule has 2 aromatic rings. The Morgan fingerprint density at radius 1 is 0.929 bits per heavy atom. The standard InChI is InChI=1S/C23H20N2O3/c26-22-20-16-10-11-17(12-16)21(20)23(27)25(22)24-13-18-8-4-5-9-19(18)28-14-15-6-2-1-3-7-15/h1-11,13,16-17,20-21H,12,14H2/t16-,17-,20-,21+/m0/s1. The number of hydrogen-bond donors (Lipinski definition) is 0. The van der Waals surface area contributed by atoms with Crippen LogP contribution in [0.3, 0.4) is 0 Å². The van der Waals surface area contributed by atoms with Crippen molar-refractivity contribution >= 4 is 18.0 Å². The van der Waals surface area contributed by atoms with Gasteiger partial charge in [-0.2, -0.15) is 10.1 Å². The van der Waals surface area contributed by atoms with Gasteiger partial charge in [0.1, 0.15) is 12.4 Å². The van der Waals surface area contributed by atoms with Crippen molar-refractivity contribution in [3.63, 3.8) is 0 Å². The number of benzene rings is 2. The summed E-state index contributed by atoms with van der Waals surface area (Å²) in [6.45, 7) is 0.437. The first-order chi connectivity index (χ1) is 13.7. The van der Waals surface area contributed by atoms with Crippen LogP contribution in [0.5, 0.6) is 5.75 Å². The molecule has 28 heavy (non-hydrogen) atoms. The zero-order valence-electron chi connectivity index (χ0n) is 15.3. The Morgan fingerprint density at radius 3 is 2.29 bits per heavy atom. The Labute approximate surface area is 163 Å². The Hall–Kier alpha value is -3.21. The number of rotatable bonds is 5. The van der Waals surface area contributed by atoms with E-state index in [1.165, 1.54) is 0 Å². The van der Waals surface area contributed by atoms with Crippen molar-refractivity contribution < 1.29 is 14.3 Å². The lowest BCUT2D eigenvalue weighted by Gasteiger charge is -2.13. The van der Waals surface area contributed by atoms with Crippen LogP contribution in [0, 0.1) is 23.7 Å². The number of amides is 2. The van der Waals surface area contributed by atoms with E-state index in [1.54, 1.807) is 6.21 Å². The van der Waals surface area contributed by atoms with E-state index in [0.29, 0.717) is 12.4 Å². The van der Waals surface area contributed by atoms with Gasteiger partial charge >= 0.3 is 0 Å². The Balaban J connectivity index is 1.33. The molecule has 2 bridgehead atoms. The van der Waals surface area contributed by atoms with Gasteiger partial charge in [0.05, 0.1) is 18.1 Å². The van der Waals surface area contributed by atoms with Gasteiger partial charge in [0.15, 0.2) is 0 Å². The highest BCUT2D eigenvalue weighted by molar-refractivity contribution is 6.06. The molecule has 5 rings (SSSR count). The average Bonchev–Trinajstić information content (AvgIpc) is 3.41. The van der Waals surface area contributed by atoms with E-state index in [9.17, 15) is 9.59 Å². The number of fused-ring (bicyclic) bond motifs is 5. The van der Waals surface area contributed by atoms with E-state index < -0.39 is 0 Å². The molecule has 140 valence electrons. The number of allylic oxidation sites excluding steroid dienone is 2. The minimum Gasteiger partial charge on any atom is -0.488 e. The van der Waals surface area contributed by atoms with Gasteiger partial charge in [-0.3, -0.25) is 9.59 Å². The SMILES string of the molecule is O=C1[C@@H]2[C@H](C(=O)N1N=Cc1ccccc1OCc1ccccc1)[C@H]1C=C[C@H]2C1. The predicted octanol–water partition coefficient (Wildman–Crippen LogP) is 3.41. The van der Waals surface area contributed by atoms with Crippen LogP contribution in [-0.2, 0) is 16.2 Å². The molecule has 1 saturated carbocycles. The number of carbonyl (C=O) groups is 2. The lowest BCUT2D eigenvalue weighted by Crippen LogP contribution is -2.28. The summed E-state index contributed by atoms with van der Waals surface area (Å²) < 4.78 is 5.92. The van der Waals surface area contributed by atoms with Crippen molar-refractivity contribution in [2.24, 2.45) is 28.8 Å². The maximum Gasteiger partial charge on any atom is 0.254 e. The summed E-state index contributed by atoms with van der Waals surface area (Å²) in [5.74, 6) is 0.224. The second kappa shape index (κ2) is 6.75. The van der Waals surface area contributed by atoms with E-state index >= 15 is 0 Å². The fourth-order valence-corrected chi connectivity index (χ4v) is 4.57. The molecular formula is C23H20N2O3. The predicted molar refractivity (Wildman–Crippen MR) is 104 cm³/mol. The van der Waals surface area contributed by atoms with E-state index in [4.69, 9.17) is 4.74 Å². The van der Waals surface area contributed by atoms with Crippen molar-refractivity contribution in [2.75, 3.05) is 0 Å². The van der Waals surface area contributed by atoms with Crippen LogP contribution < -0.4 is 4.74 Å². The molecule has 1 aliphatic heterocycles. The molecule has 1 saturated heterocycles. The van der Waals surface area contributed by atoms with Crippen LogP contribution in [0.2, 0.25) is 0 Å². The van der Waals surface area contributed by atoms with Crippen molar-refractivity contribution in [3.05, 3.63) is 77.9 Å². The van der Waals surface area contributed by atoms with Crippen LogP contribution in [0.15, 0.2) is 71.9 Å². The Morgan fingerprint density at radius 2 is 1.57 bits per heavy atom. The summed E-state index contributed by atoms with van der Waals surface area (Å²) in [7, 11) is 0. The van der Waals surface area contributed by atoms with Crippen molar-refractivity contribution in [2.45, 2.75) is 13.0 Å². The highest BCUT2D eigenvalue weighted by atomic mass is 16.5. The summed E-state index contributed by atoms with van der Waals surface area (Å²) in [5.41, 5.74) is 1.80. The minimum atomic E-state index is -0.232. The molecule has 2 amide bonds.